The van der Waals surface area contributed by atoms with Gasteiger partial charge in [0.1, 0.15) is 4.32 Å². The zero-order chi connectivity index (χ0) is 23.2. The lowest BCUT2D eigenvalue weighted by atomic mass is 10.1. The van der Waals surface area contributed by atoms with E-state index in [9.17, 15) is 4.79 Å². The van der Waals surface area contributed by atoms with Crippen molar-refractivity contribution in [2.45, 2.75) is 4.90 Å². The molecular formula is C26H23NO3S3. The molecule has 7 heteroatoms. The van der Waals surface area contributed by atoms with E-state index in [2.05, 4.69) is 49.0 Å². The normalized spacial score (nSPS) is 14.8. The van der Waals surface area contributed by atoms with Crippen LogP contribution in [0, 0.1) is 0 Å². The van der Waals surface area contributed by atoms with E-state index in [1.807, 2.05) is 24.3 Å². The Kier molecular flexibility index (Phi) is 7.75. The molecular weight excluding hydrogens is 470 g/mol. The van der Waals surface area contributed by atoms with Crippen LogP contribution in [0.5, 0.6) is 11.5 Å². The van der Waals surface area contributed by atoms with Gasteiger partial charge in [-0.25, -0.2) is 0 Å². The molecule has 3 aromatic carbocycles. The third-order valence-corrected chi connectivity index (χ3v) is 7.43. The topological polar surface area (TPSA) is 38.8 Å². The number of hydrogen-bond donors (Lipinski definition) is 0. The minimum absolute atomic E-state index is 0.102. The Hall–Kier alpha value is -2.74. The fourth-order valence-corrected chi connectivity index (χ4v) is 5.63. The van der Waals surface area contributed by atoms with Gasteiger partial charge in [-0.2, -0.15) is 0 Å². The molecule has 0 radical (unpaired) electrons. The molecule has 1 aliphatic heterocycles. The zero-order valence-corrected chi connectivity index (χ0v) is 20.6. The Labute approximate surface area is 207 Å². The molecule has 1 amide bonds. The summed E-state index contributed by atoms with van der Waals surface area (Å²) in [5, 5.41) is 2.49. The number of thiocarbonyl (C=S) groups is 1. The summed E-state index contributed by atoms with van der Waals surface area (Å²) in [6.45, 7) is 4.64. The van der Waals surface area contributed by atoms with E-state index in [0.717, 1.165) is 11.3 Å². The number of carbonyl (C=O) groups is 1. The quantitative estimate of drug-likeness (QED) is 0.113. The molecule has 4 rings (SSSR count). The largest absolute Gasteiger partial charge is 0.493 e. The second-order valence-corrected chi connectivity index (χ2v) is 9.98. The van der Waals surface area contributed by atoms with Gasteiger partial charge in [0.15, 0.2) is 11.5 Å². The monoisotopic (exact) mass is 493 g/mol. The predicted molar refractivity (Wildman–Crippen MR) is 143 cm³/mol. The third-order valence-electron chi connectivity index (χ3n) is 5.02. The van der Waals surface area contributed by atoms with Gasteiger partial charge in [-0.3, -0.25) is 9.69 Å². The molecule has 0 N–H and O–H groups in total. The standard InChI is InChI=1S/C26H23NO3S3/c1-3-13-27-25(28)24(33-26(27)31)17-18-11-12-21(22(16-18)29-2)30-14-15-32-23-10-6-8-19-7-4-5-9-20(19)23/h3-12,16-17H,1,13-15H2,2H3/b24-17+. The lowest BCUT2D eigenvalue weighted by molar-refractivity contribution is -0.121. The van der Waals surface area contributed by atoms with Crippen LogP contribution in [0.3, 0.4) is 0 Å². The Morgan fingerprint density at radius 1 is 1.12 bits per heavy atom. The average molecular weight is 494 g/mol. The number of rotatable bonds is 9. The Balaban J connectivity index is 1.40. The van der Waals surface area contributed by atoms with Gasteiger partial charge in [-0.05, 0) is 40.6 Å². The maximum atomic E-state index is 12.5. The van der Waals surface area contributed by atoms with E-state index in [-0.39, 0.29) is 5.91 Å². The molecule has 1 aliphatic rings. The summed E-state index contributed by atoms with van der Waals surface area (Å²) in [7, 11) is 1.61. The summed E-state index contributed by atoms with van der Waals surface area (Å²) in [6.07, 6.45) is 3.49. The van der Waals surface area contributed by atoms with Crippen molar-refractivity contribution in [2.75, 3.05) is 26.0 Å². The number of hydrogen-bond acceptors (Lipinski definition) is 6. The highest BCUT2D eigenvalue weighted by atomic mass is 32.2. The first-order valence-electron chi connectivity index (χ1n) is 10.4. The van der Waals surface area contributed by atoms with E-state index in [1.54, 1.807) is 29.8 Å². The summed E-state index contributed by atoms with van der Waals surface area (Å²) in [5.41, 5.74) is 0.850. The van der Waals surface area contributed by atoms with Crippen molar-refractivity contribution in [3.05, 3.63) is 83.8 Å². The molecule has 33 heavy (non-hydrogen) atoms. The van der Waals surface area contributed by atoms with E-state index < -0.39 is 0 Å². The fraction of sp³-hybridized carbons (Fsp3) is 0.154. The first-order chi connectivity index (χ1) is 16.1. The lowest BCUT2D eigenvalue weighted by Crippen LogP contribution is -2.27. The SMILES string of the molecule is C=CCN1C(=O)/C(=C\c2ccc(OCCSc3cccc4ccccc34)c(OC)c2)SC1=S. The number of nitrogens with zero attached hydrogens (tertiary/aromatic N) is 1. The molecule has 0 atom stereocenters. The molecule has 1 heterocycles. The third kappa shape index (κ3) is 5.43. The number of fused-ring (bicyclic) bond motifs is 1. The number of methoxy groups -OCH3 is 1. The van der Waals surface area contributed by atoms with Gasteiger partial charge in [0.25, 0.3) is 5.91 Å². The molecule has 168 valence electrons. The van der Waals surface area contributed by atoms with Crippen LogP contribution in [0.15, 0.2) is 83.1 Å². The summed E-state index contributed by atoms with van der Waals surface area (Å²) in [4.78, 5) is 15.9. The number of carbonyl (C=O) groups excluding carboxylic acids is 1. The first kappa shape index (κ1) is 23.4. The fourth-order valence-electron chi connectivity index (χ4n) is 3.46. The molecule has 1 saturated heterocycles. The van der Waals surface area contributed by atoms with Crippen LogP contribution in [0.25, 0.3) is 16.8 Å². The van der Waals surface area contributed by atoms with Crippen LogP contribution in [0.1, 0.15) is 5.56 Å². The first-order valence-corrected chi connectivity index (χ1v) is 12.6. The van der Waals surface area contributed by atoms with Crippen LogP contribution in [-0.4, -0.2) is 41.1 Å². The molecule has 3 aromatic rings. The van der Waals surface area contributed by atoms with Crippen LogP contribution in [-0.2, 0) is 4.79 Å². The molecule has 1 fully saturated rings. The average Bonchev–Trinajstić information content (AvgIpc) is 3.10. The predicted octanol–water partition coefficient (Wildman–Crippen LogP) is 6.41. The summed E-state index contributed by atoms with van der Waals surface area (Å²) >= 11 is 8.37. The minimum atomic E-state index is -0.102. The van der Waals surface area contributed by atoms with Crippen molar-refractivity contribution < 1.29 is 14.3 Å². The number of ether oxygens (including phenoxy) is 2. The maximum Gasteiger partial charge on any atom is 0.266 e. The van der Waals surface area contributed by atoms with Crippen LogP contribution >= 0.6 is 35.7 Å². The smallest absolute Gasteiger partial charge is 0.266 e. The highest BCUT2D eigenvalue weighted by Crippen LogP contribution is 2.35. The van der Waals surface area contributed by atoms with Gasteiger partial charge in [0.05, 0.1) is 18.6 Å². The minimum Gasteiger partial charge on any atom is -0.493 e. The van der Waals surface area contributed by atoms with Crippen LogP contribution in [0.2, 0.25) is 0 Å². The second kappa shape index (κ2) is 10.9. The van der Waals surface area contributed by atoms with Gasteiger partial charge in [-0.15, -0.1) is 18.3 Å². The Morgan fingerprint density at radius 3 is 2.76 bits per heavy atom. The zero-order valence-electron chi connectivity index (χ0n) is 18.2. The molecule has 0 spiro atoms. The van der Waals surface area contributed by atoms with E-state index in [1.165, 1.54) is 27.4 Å². The molecule has 0 saturated carbocycles. The van der Waals surface area contributed by atoms with Gasteiger partial charge in [-0.1, -0.05) is 72.5 Å². The molecule has 0 bridgehead atoms. The van der Waals surface area contributed by atoms with Crippen molar-refractivity contribution in [1.29, 1.82) is 0 Å². The van der Waals surface area contributed by atoms with Crippen LogP contribution < -0.4 is 9.47 Å². The molecule has 0 unspecified atom stereocenters. The lowest BCUT2D eigenvalue weighted by Gasteiger charge is -2.12. The van der Waals surface area contributed by atoms with E-state index in [0.29, 0.717) is 33.9 Å². The van der Waals surface area contributed by atoms with Crippen molar-refractivity contribution in [3.8, 4) is 11.5 Å². The number of amides is 1. The summed E-state index contributed by atoms with van der Waals surface area (Å²) in [5.74, 6) is 2.01. The maximum absolute atomic E-state index is 12.5. The van der Waals surface area contributed by atoms with E-state index >= 15 is 0 Å². The van der Waals surface area contributed by atoms with Gasteiger partial charge in [0.2, 0.25) is 0 Å². The number of thioether (sulfide) groups is 2. The van der Waals surface area contributed by atoms with Crippen LogP contribution in [0.4, 0.5) is 0 Å². The summed E-state index contributed by atoms with van der Waals surface area (Å²) < 4.78 is 12.1. The Morgan fingerprint density at radius 2 is 1.94 bits per heavy atom. The van der Waals surface area contributed by atoms with Gasteiger partial charge >= 0.3 is 0 Å². The second-order valence-electron chi connectivity index (χ2n) is 7.17. The summed E-state index contributed by atoms with van der Waals surface area (Å²) in [6, 6.07) is 20.4. The molecule has 0 aliphatic carbocycles. The van der Waals surface area contributed by atoms with Crippen molar-refractivity contribution in [3.63, 3.8) is 0 Å². The van der Waals surface area contributed by atoms with Gasteiger partial charge in [0, 0.05) is 17.2 Å². The van der Waals surface area contributed by atoms with E-state index in [4.69, 9.17) is 21.7 Å². The molecule has 0 aromatic heterocycles. The van der Waals surface area contributed by atoms with Crippen molar-refractivity contribution in [2.24, 2.45) is 0 Å². The van der Waals surface area contributed by atoms with Crippen molar-refractivity contribution >= 4 is 62.8 Å². The number of benzene rings is 3. The Bertz CT molecular complexity index is 1230. The van der Waals surface area contributed by atoms with Crippen molar-refractivity contribution in [1.82, 2.24) is 4.90 Å². The van der Waals surface area contributed by atoms with Gasteiger partial charge < -0.3 is 9.47 Å². The molecule has 4 nitrogen and oxygen atoms in total. The highest BCUT2D eigenvalue weighted by molar-refractivity contribution is 8.26. The highest BCUT2D eigenvalue weighted by Gasteiger charge is 2.31.